The average Bonchev–Trinajstić information content (AvgIpc) is 2.80. The van der Waals surface area contributed by atoms with Crippen molar-refractivity contribution in [3.63, 3.8) is 0 Å². The van der Waals surface area contributed by atoms with E-state index in [1.165, 1.54) is 0 Å². The van der Waals surface area contributed by atoms with E-state index in [0.717, 1.165) is 38.9 Å². The largest absolute Gasteiger partial charge is 0.394 e. The van der Waals surface area contributed by atoms with Crippen molar-refractivity contribution in [1.82, 2.24) is 10.2 Å². The van der Waals surface area contributed by atoms with Gasteiger partial charge >= 0.3 is 0 Å². The maximum absolute atomic E-state index is 8.87. The Morgan fingerprint density at radius 1 is 1.20 bits per heavy atom. The number of hydrogen-bond donors (Lipinski definition) is 2. The molecule has 0 aromatic heterocycles. The summed E-state index contributed by atoms with van der Waals surface area (Å²) in [7, 11) is 0. The Balaban J connectivity index is 1.58. The molecule has 0 bridgehead atoms. The van der Waals surface area contributed by atoms with E-state index in [1.807, 2.05) is 0 Å². The highest BCUT2D eigenvalue weighted by molar-refractivity contribution is 5.61. The van der Waals surface area contributed by atoms with Crippen LogP contribution in [-0.4, -0.2) is 73.3 Å². The van der Waals surface area contributed by atoms with E-state index < -0.39 is 0 Å². The van der Waals surface area contributed by atoms with E-state index in [2.05, 4.69) is 57.9 Å². The number of aliphatic hydroxyl groups is 1. The summed E-state index contributed by atoms with van der Waals surface area (Å²) in [6.07, 6.45) is 19.3. The van der Waals surface area contributed by atoms with Gasteiger partial charge in [0.2, 0.25) is 0 Å². The van der Waals surface area contributed by atoms with E-state index >= 15 is 0 Å². The lowest BCUT2D eigenvalue weighted by Gasteiger charge is -2.58. The number of nitrogens with zero attached hydrogens (tertiary/aromatic N) is 2. The Labute approximate surface area is 150 Å². The van der Waals surface area contributed by atoms with E-state index in [1.54, 1.807) is 0 Å². The molecule has 4 atom stereocenters. The molecular weight excluding hydrogens is 314 g/mol. The van der Waals surface area contributed by atoms with E-state index in [4.69, 9.17) is 9.84 Å². The maximum Gasteiger partial charge on any atom is 0.0697 e. The van der Waals surface area contributed by atoms with Crippen molar-refractivity contribution < 1.29 is 9.84 Å². The predicted molar refractivity (Wildman–Crippen MR) is 100.0 cm³/mol. The molecule has 4 rings (SSSR count). The average molecular weight is 343 g/mol. The second-order valence-electron chi connectivity index (χ2n) is 7.55. The van der Waals surface area contributed by atoms with Crippen LogP contribution in [0.25, 0.3) is 0 Å². The Morgan fingerprint density at radius 3 is 3.04 bits per heavy atom. The lowest BCUT2D eigenvalue weighted by atomic mass is 9.57. The van der Waals surface area contributed by atoms with Crippen LogP contribution < -0.4 is 5.32 Å². The minimum atomic E-state index is -0.131. The highest BCUT2D eigenvalue weighted by Crippen LogP contribution is 2.51. The molecule has 0 saturated carbocycles. The second-order valence-corrected chi connectivity index (χ2v) is 7.55. The number of rotatable bonds is 5. The Kier molecular flexibility index (Phi) is 4.91. The Hall–Kier alpha value is -1.27. The summed E-state index contributed by atoms with van der Waals surface area (Å²) in [4.78, 5) is 7.21. The fourth-order valence-corrected chi connectivity index (χ4v) is 5.09. The van der Waals surface area contributed by atoms with Gasteiger partial charge < -0.3 is 15.2 Å². The van der Waals surface area contributed by atoms with E-state index in [0.29, 0.717) is 25.3 Å². The fourth-order valence-electron chi connectivity index (χ4n) is 5.09. The fraction of sp³-hybridized carbons (Fsp3) is 0.650. The molecule has 0 spiro atoms. The summed E-state index contributed by atoms with van der Waals surface area (Å²) in [5, 5.41) is 12.8. The monoisotopic (exact) mass is 343 g/mol. The van der Waals surface area contributed by atoms with E-state index in [-0.39, 0.29) is 17.6 Å². The highest BCUT2D eigenvalue weighted by Gasteiger charge is 2.57. The van der Waals surface area contributed by atoms with Gasteiger partial charge in [-0.3, -0.25) is 9.89 Å². The first kappa shape index (κ1) is 17.2. The first-order chi connectivity index (χ1) is 12.3. The molecular formula is C20H29N3O2. The van der Waals surface area contributed by atoms with Crippen LogP contribution in [0.2, 0.25) is 0 Å². The Bertz CT molecular complexity index is 600. The third-order valence-electron chi connectivity index (χ3n) is 6.31. The zero-order chi connectivity index (χ0) is 17.2. The molecule has 3 aliphatic heterocycles. The van der Waals surface area contributed by atoms with Crippen molar-refractivity contribution in [3.05, 3.63) is 36.5 Å². The second kappa shape index (κ2) is 7.16. The number of aliphatic imine (C=N–C) groups is 1. The van der Waals surface area contributed by atoms with Crippen LogP contribution in [0.3, 0.4) is 0 Å². The predicted octanol–water partition coefficient (Wildman–Crippen LogP) is 1.31. The van der Waals surface area contributed by atoms with Gasteiger partial charge in [0.15, 0.2) is 0 Å². The number of fused-ring (bicyclic) bond motifs is 1. The van der Waals surface area contributed by atoms with Crippen molar-refractivity contribution in [3.8, 4) is 0 Å². The third-order valence-corrected chi connectivity index (χ3v) is 6.31. The molecule has 25 heavy (non-hydrogen) atoms. The molecule has 3 heterocycles. The molecule has 2 N–H and O–H groups in total. The third kappa shape index (κ3) is 2.93. The van der Waals surface area contributed by atoms with Gasteiger partial charge in [0, 0.05) is 43.4 Å². The van der Waals surface area contributed by atoms with Gasteiger partial charge in [-0.1, -0.05) is 36.5 Å². The first-order valence-corrected chi connectivity index (χ1v) is 9.53. The van der Waals surface area contributed by atoms with Crippen LogP contribution >= 0.6 is 0 Å². The van der Waals surface area contributed by atoms with Gasteiger partial charge in [0.1, 0.15) is 0 Å². The molecule has 136 valence electrons. The molecule has 0 amide bonds. The molecule has 1 fully saturated rings. The number of ether oxygens (including phenoxy) is 1. The van der Waals surface area contributed by atoms with Crippen LogP contribution in [0, 0.1) is 5.41 Å². The van der Waals surface area contributed by atoms with Gasteiger partial charge in [-0.25, -0.2) is 0 Å². The van der Waals surface area contributed by atoms with Crippen molar-refractivity contribution in [1.29, 1.82) is 0 Å². The number of nitrogens with one attached hydrogen (secondary N) is 1. The molecule has 0 radical (unpaired) electrons. The molecule has 1 saturated heterocycles. The first-order valence-electron chi connectivity index (χ1n) is 9.53. The number of aliphatic hydroxyl groups excluding tert-OH is 1. The van der Waals surface area contributed by atoms with Gasteiger partial charge in [-0.2, -0.15) is 0 Å². The summed E-state index contributed by atoms with van der Waals surface area (Å²) >= 11 is 0. The smallest absolute Gasteiger partial charge is 0.0697 e. The van der Waals surface area contributed by atoms with Gasteiger partial charge in [-0.15, -0.1) is 0 Å². The molecule has 5 heteroatoms. The van der Waals surface area contributed by atoms with Gasteiger partial charge in [0.05, 0.1) is 25.3 Å². The minimum absolute atomic E-state index is 0.0645. The minimum Gasteiger partial charge on any atom is -0.394 e. The summed E-state index contributed by atoms with van der Waals surface area (Å²) in [6, 6.07) is 0.874. The number of hydrogen-bond acceptors (Lipinski definition) is 5. The summed E-state index contributed by atoms with van der Waals surface area (Å²) in [6.45, 7) is 4.05. The quantitative estimate of drug-likeness (QED) is 0.584. The molecule has 5 nitrogen and oxygen atoms in total. The van der Waals surface area contributed by atoms with Gasteiger partial charge in [-0.05, 0) is 19.3 Å². The normalized spacial score (nSPS) is 39.6. The molecule has 0 aromatic rings. The molecule has 0 aromatic carbocycles. The van der Waals surface area contributed by atoms with Crippen molar-refractivity contribution >= 4 is 6.21 Å². The molecule has 4 aliphatic rings. The zero-order valence-electron chi connectivity index (χ0n) is 14.8. The number of piperidine rings is 1. The molecule has 1 aliphatic carbocycles. The number of allylic oxidation sites excluding steroid dienone is 2. The summed E-state index contributed by atoms with van der Waals surface area (Å²) < 4.78 is 5.50. The molecule has 4 unspecified atom stereocenters. The van der Waals surface area contributed by atoms with E-state index in [9.17, 15) is 0 Å². The summed E-state index contributed by atoms with van der Waals surface area (Å²) in [5.41, 5.74) is -0.0666. The lowest BCUT2D eigenvalue weighted by Crippen LogP contribution is -2.69. The summed E-state index contributed by atoms with van der Waals surface area (Å²) in [5.74, 6) is 0. The Morgan fingerprint density at radius 2 is 2.12 bits per heavy atom. The van der Waals surface area contributed by atoms with Crippen molar-refractivity contribution in [2.24, 2.45) is 10.4 Å². The SMILES string of the molecule is OCCOCCC1CCC23C=CC=CC2(C=CCN2CC=NCC23)N1. The van der Waals surface area contributed by atoms with Crippen LogP contribution in [0.4, 0.5) is 0 Å². The van der Waals surface area contributed by atoms with Crippen LogP contribution in [0.1, 0.15) is 19.3 Å². The highest BCUT2D eigenvalue weighted by atomic mass is 16.5. The van der Waals surface area contributed by atoms with Crippen molar-refractivity contribution in [2.75, 3.05) is 39.5 Å². The topological polar surface area (TPSA) is 57.1 Å². The van der Waals surface area contributed by atoms with Crippen LogP contribution in [-0.2, 0) is 4.74 Å². The van der Waals surface area contributed by atoms with Crippen LogP contribution in [0.15, 0.2) is 41.4 Å². The van der Waals surface area contributed by atoms with Crippen LogP contribution in [0.5, 0.6) is 0 Å². The van der Waals surface area contributed by atoms with Gasteiger partial charge in [0.25, 0.3) is 0 Å². The zero-order valence-corrected chi connectivity index (χ0v) is 14.8. The lowest BCUT2D eigenvalue weighted by molar-refractivity contribution is 0.0260. The maximum atomic E-state index is 8.87. The van der Waals surface area contributed by atoms with Crippen molar-refractivity contribution in [2.45, 2.75) is 36.9 Å². The standard InChI is InChI=1S/C20H29N3O2/c24-13-15-25-14-5-17-4-9-19-6-1-2-7-20(19,22-17)8-3-11-23-12-10-21-16-18(19)23/h1-3,6-8,10,17-18,22,24H,4-5,9,11-16H2.